The van der Waals surface area contributed by atoms with Gasteiger partial charge in [-0.3, -0.25) is 0 Å². The smallest absolute Gasteiger partial charge is 0.406 e. The molecule has 0 radical (unpaired) electrons. The Morgan fingerprint density at radius 3 is 2.29 bits per heavy atom. The number of aryl methyl sites for hydroxylation is 1. The first kappa shape index (κ1) is 11.5. The number of ether oxygens (including phenoxy) is 1. The second-order valence-electron chi connectivity index (χ2n) is 3.46. The minimum Gasteiger partial charge on any atom is -0.406 e. The van der Waals surface area contributed by atoms with Crippen LogP contribution >= 0.6 is 0 Å². The Balaban J connectivity index is 2.19. The molecule has 1 heterocycles. The van der Waals surface area contributed by atoms with Crippen molar-refractivity contribution in [2.75, 3.05) is 0 Å². The van der Waals surface area contributed by atoms with Crippen LogP contribution in [-0.4, -0.2) is 15.9 Å². The molecular formula is C11H9F3N2O. The van der Waals surface area contributed by atoms with Gasteiger partial charge in [0.1, 0.15) is 5.75 Å². The molecule has 1 aromatic carbocycles. The average Bonchev–Trinajstić information content (AvgIpc) is 2.63. The van der Waals surface area contributed by atoms with Crippen LogP contribution in [-0.2, 0) is 0 Å². The minimum atomic E-state index is -4.66. The van der Waals surface area contributed by atoms with Crippen LogP contribution in [0.25, 0.3) is 5.69 Å². The van der Waals surface area contributed by atoms with Crippen LogP contribution in [0.1, 0.15) is 5.69 Å². The zero-order chi connectivity index (χ0) is 12.5. The summed E-state index contributed by atoms with van der Waals surface area (Å²) in [6.45, 7) is 1.83. The molecule has 2 rings (SSSR count). The summed E-state index contributed by atoms with van der Waals surface area (Å²) >= 11 is 0. The molecular weight excluding hydrogens is 233 g/mol. The van der Waals surface area contributed by atoms with Crippen molar-refractivity contribution in [1.82, 2.24) is 9.55 Å². The third-order valence-electron chi connectivity index (χ3n) is 2.08. The van der Waals surface area contributed by atoms with Gasteiger partial charge in [-0.2, -0.15) is 0 Å². The van der Waals surface area contributed by atoms with Gasteiger partial charge in [0.05, 0.1) is 12.0 Å². The predicted octanol–water partition coefficient (Wildman–Crippen LogP) is 3.08. The van der Waals surface area contributed by atoms with Crippen LogP contribution < -0.4 is 4.74 Å². The number of alkyl halides is 3. The van der Waals surface area contributed by atoms with E-state index in [-0.39, 0.29) is 5.75 Å². The molecule has 0 aliphatic heterocycles. The lowest BCUT2D eigenvalue weighted by atomic mass is 10.3. The van der Waals surface area contributed by atoms with E-state index in [4.69, 9.17) is 0 Å². The average molecular weight is 242 g/mol. The third kappa shape index (κ3) is 2.99. The first-order chi connectivity index (χ1) is 7.94. The molecule has 17 heavy (non-hydrogen) atoms. The van der Waals surface area contributed by atoms with Gasteiger partial charge in [-0.15, -0.1) is 13.2 Å². The Morgan fingerprint density at radius 1 is 1.18 bits per heavy atom. The second kappa shape index (κ2) is 4.12. The van der Waals surface area contributed by atoms with E-state index in [1.54, 1.807) is 17.1 Å². The Labute approximate surface area is 95.5 Å². The maximum absolute atomic E-state index is 11.9. The molecule has 0 saturated heterocycles. The maximum Gasteiger partial charge on any atom is 0.573 e. The summed E-state index contributed by atoms with van der Waals surface area (Å²) in [4.78, 5) is 4.03. The van der Waals surface area contributed by atoms with E-state index < -0.39 is 6.36 Å². The number of benzene rings is 1. The molecule has 6 heteroatoms. The molecule has 0 fully saturated rings. The highest BCUT2D eigenvalue weighted by molar-refractivity contribution is 5.37. The lowest BCUT2D eigenvalue weighted by Crippen LogP contribution is -2.17. The Morgan fingerprint density at radius 2 is 1.82 bits per heavy atom. The van der Waals surface area contributed by atoms with Crippen LogP contribution in [0, 0.1) is 6.92 Å². The molecule has 0 saturated carbocycles. The summed E-state index contributed by atoms with van der Waals surface area (Å²) in [5, 5.41) is 0. The number of imidazole rings is 1. The molecule has 90 valence electrons. The van der Waals surface area contributed by atoms with E-state index in [1.165, 1.54) is 24.3 Å². The highest BCUT2D eigenvalue weighted by Crippen LogP contribution is 2.23. The molecule has 0 aliphatic carbocycles. The zero-order valence-corrected chi connectivity index (χ0v) is 8.90. The molecule has 0 spiro atoms. The standard InChI is InChI=1S/C11H9F3N2O/c1-8-6-16(7-15-8)9-2-4-10(5-3-9)17-11(12,13)14/h2-7H,1H3. The molecule has 0 atom stereocenters. The van der Waals surface area contributed by atoms with Crippen LogP contribution in [0.15, 0.2) is 36.8 Å². The number of halogens is 3. The first-order valence-corrected chi connectivity index (χ1v) is 4.81. The third-order valence-corrected chi connectivity index (χ3v) is 2.08. The molecule has 1 aromatic heterocycles. The summed E-state index contributed by atoms with van der Waals surface area (Å²) in [6, 6.07) is 5.58. The fraction of sp³-hybridized carbons (Fsp3) is 0.182. The van der Waals surface area contributed by atoms with Gasteiger partial charge >= 0.3 is 6.36 Å². The minimum absolute atomic E-state index is 0.238. The molecule has 0 N–H and O–H groups in total. The Bertz CT molecular complexity index is 502. The van der Waals surface area contributed by atoms with Crippen LogP contribution in [0.5, 0.6) is 5.75 Å². The Hall–Kier alpha value is -1.98. The van der Waals surface area contributed by atoms with Crippen molar-refractivity contribution in [3.63, 3.8) is 0 Å². The maximum atomic E-state index is 11.9. The van der Waals surface area contributed by atoms with Crippen LogP contribution in [0.3, 0.4) is 0 Å². The lowest BCUT2D eigenvalue weighted by molar-refractivity contribution is -0.274. The highest BCUT2D eigenvalue weighted by Gasteiger charge is 2.30. The van der Waals surface area contributed by atoms with E-state index in [0.29, 0.717) is 0 Å². The van der Waals surface area contributed by atoms with Gasteiger partial charge in [0.15, 0.2) is 0 Å². The van der Waals surface area contributed by atoms with E-state index in [9.17, 15) is 13.2 Å². The number of aromatic nitrogens is 2. The van der Waals surface area contributed by atoms with Crippen LogP contribution in [0.4, 0.5) is 13.2 Å². The van der Waals surface area contributed by atoms with Gasteiger partial charge < -0.3 is 9.30 Å². The fourth-order valence-electron chi connectivity index (χ4n) is 1.38. The van der Waals surface area contributed by atoms with Crippen molar-refractivity contribution in [2.45, 2.75) is 13.3 Å². The van der Waals surface area contributed by atoms with Gasteiger partial charge in [-0.25, -0.2) is 4.98 Å². The number of rotatable bonds is 2. The van der Waals surface area contributed by atoms with Crippen molar-refractivity contribution in [1.29, 1.82) is 0 Å². The molecule has 2 aromatic rings. The first-order valence-electron chi connectivity index (χ1n) is 4.81. The van der Waals surface area contributed by atoms with E-state index in [1.807, 2.05) is 6.92 Å². The van der Waals surface area contributed by atoms with Gasteiger partial charge in [-0.1, -0.05) is 0 Å². The summed E-state index contributed by atoms with van der Waals surface area (Å²) < 4.78 is 41.3. The van der Waals surface area contributed by atoms with Crippen molar-refractivity contribution >= 4 is 0 Å². The monoisotopic (exact) mass is 242 g/mol. The lowest BCUT2D eigenvalue weighted by Gasteiger charge is -2.09. The highest BCUT2D eigenvalue weighted by atomic mass is 19.4. The van der Waals surface area contributed by atoms with E-state index in [0.717, 1.165) is 11.4 Å². The molecule has 0 unspecified atom stereocenters. The summed E-state index contributed by atoms with van der Waals surface area (Å²) in [7, 11) is 0. The van der Waals surface area contributed by atoms with Crippen molar-refractivity contribution in [3.8, 4) is 11.4 Å². The quantitative estimate of drug-likeness (QED) is 0.809. The van der Waals surface area contributed by atoms with Gasteiger partial charge in [0.25, 0.3) is 0 Å². The molecule has 0 bridgehead atoms. The fourth-order valence-corrected chi connectivity index (χ4v) is 1.38. The zero-order valence-electron chi connectivity index (χ0n) is 8.90. The van der Waals surface area contributed by atoms with Crippen molar-refractivity contribution in [3.05, 3.63) is 42.5 Å². The second-order valence-corrected chi connectivity index (χ2v) is 3.46. The SMILES string of the molecule is Cc1cn(-c2ccc(OC(F)(F)F)cc2)cn1. The topological polar surface area (TPSA) is 27.1 Å². The van der Waals surface area contributed by atoms with Gasteiger partial charge in [0.2, 0.25) is 0 Å². The van der Waals surface area contributed by atoms with Gasteiger partial charge in [0, 0.05) is 11.9 Å². The molecule has 3 nitrogen and oxygen atoms in total. The molecule has 0 aliphatic rings. The van der Waals surface area contributed by atoms with Crippen molar-refractivity contribution < 1.29 is 17.9 Å². The van der Waals surface area contributed by atoms with Gasteiger partial charge in [-0.05, 0) is 31.2 Å². The number of hydrogen-bond acceptors (Lipinski definition) is 2. The number of nitrogens with zero attached hydrogens (tertiary/aromatic N) is 2. The predicted molar refractivity (Wildman–Crippen MR) is 55.0 cm³/mol. The van der Waals surface area contributed by atoms with Crippen LogP contribution in [0.2, 0.25) is 0 Å². The largest absolute Gasteiger partial charge is 0.573 e. The normalized spacial score (nSPS) is 11.5. The summed E-state index contributed by atoms with van der Waals surface area (Å²) in [5.41, 5.74) is 1.56. The van der Waals surface area contributed by atoms with Crippen molar-refractivity contribution in [2.24, 2.45) is 0 Å². The summed E-state index contributed by atoms with van der Waals surface area (Å²) in [5.74, 6) is -0.238. The molecule has 0 amide bonds. The number of hydrogen-bond donors (Lipinski definition) is 0. The summed E-state index contributed by atoms with van der Waals surface area (Å²) in [6.07, 6.45) is -1.29. The van der Waals surface area contributed by atoms with E-state index >= 15 is 0 Å². The van der Waals surface area contributed by atoms with E-state index in [2.05, 4.69) is 9.72 Å². The Kier molecular flexibility index (Phi) is 2.79.